The molecule has 6 nitrogen and oxygen atoms in total. The molecule has 7 heteroatoms. The molecule has 2 aromatic rings. The summed E-state index contributed by atoms with van der Waals surface area (Å²) in [4.78, 5) is 14.6. The smallest absolute Gasteiger partial charge is 0.233 e. The maximum atomic E-state index is 12.6. The van der Waals surface area contributed by atoms with Gasteiger partial charge in [-0.3, -0.25) is 9.36 Å². The van der Waals surface area contributed by atoms with Crippen LogP contribution in [-0.2, 0) is 4.79 Å². The van der Waals surface area contributed by atoms with Crippen molar-refractivity contribution in [3.63, 3.8) is 0 Å². The first kappa shape index (κ1) is 18.8. The minimum atomic E-state index is 0.182. The summed E-state index contributed by atoms with van der Waals surface area (Å²) in [7, 11) is 0. The lowest BCUT2D eigenvalue weighted by Gasteiger charge is -2.33. The van der Waals surface area contributed by atoms with Crippen LogP contribution >= 0.6 is 11.8 Å². The first-order valence-electron chi connectivity index (χ1n) is 9.17. The van der Waals surface area contributed by atoms with Crippen molar-refractivity contribution in [2.24, 2.45) is 0 Å². The fourth-order valence-electron chi connectivity index (χ4n) is 3.27. The Morgan fingerprint density at radius 1 is 1.27 bits per heavy atom. The number of carbonyl (C=O) groups is 1. The molecule has 0 bridgehead atoms. The minimum Gasteiger partial charge on any atom is -0.494 e. The van der Waals surface area contributed by atoms with Gasteiger partial charge in [0.15, 0.2) is 5.16 Å². The molecule has 140 valence electrons. The van der Waals surface area contributed by atoms with Gasteiger partial charge in [-0.25, -0.2) is 0 Å². The largest absolute Gasteiger partial charge is 0.494 e. The summed E-state index contributed by atoms with van der Waals surface area (Å²) in [6, 6.07) is 8.18. The summed E-state index contributed by atoms with van der Waals surface area (Å²) in [5.41, 5.74) is 0.970. The van der Waals surface area contributed by atoms with Gasteiger partial charge in [0.05, 0.1) is 12.4 Å². The molecule has 1 saturated heterocycles. The van der Waals surface area contributed by atoms with Crippen LogP contribution in [0, 0.1) is 6.92 Å². The van der Waals surface area contributed by atoms with E-state index in [0.717, 1.165) is 41.8 Å². The van der Waals surface area contributed by atoms with E-state index in [-0.39, 0.29) is 5.91 Å². The second-order valence-electron chi connectivity index (χ2n) is 6.51. The number of hydrogen-bond donors (Lipinski definition) is 0. The second kappa shape index (κ2) is 8.58. The highest BCUT2D eigenvalue weighted by atomic mass is 32.2. The van der Waals surface area contributed by atoms with Crippen molar-refractivity contribution < 1.29 is 9.53 Å². The summed E-state index contributed by atoms with van der Waals surface area (Å²) < 4.78 is 7.48. The quantitative estimate of drug-likeness (QED) is 0.725. The van der Waals surface area contributed by atoms with E-state index in [4.69, 9.17) is 4.74 Å². The Morgan fingerprint density at radius 2 is 2.04 bits per heavy atom. The van der Waals surface area contributed by atoms with E-state index in [2.05, 4.69) is 17.1 Å². The van der Waals surface area contributed by atoms with Gasteiger partial charge in [-0.15, -0.1) is 10.2 Å². The number of benzene rings is 1. The van der Waals surface area contributed by atoms with Crippen molar-refractivity contribution in [3.8, 4) is 11.4 Å². The van der Waals surface area contributed by atoms with Crippen LogP contribution in [0.25, 0.3) is 5.69 Å². The van der Waals surface area contributed by atoms with E-state index in [9.17, 15) is 4.79 Å². The fraction of sp³-hybridized carbons (Fsp3) is 0.526. The number of carbonyl (C=O) groups excluding carboxylic acids is 1. The topological polar surface area (TPSA) is 60.2 Å². The zero-order chi connectivity index (χ0) is 18.5. The normalized spacial score (nSPS) is 17.3. The Bertz CT molecular complexity index is 744. The third-order valence-electron chi connectivity index (χ3n) is 4.65. The molecule has 1 aromatic carbocycles. The second-order valence-corrected chi connectivity index (χ2v) is 7.46. The molecule has 1 amide bonds. The summed E-state index contributed by atoms with van der Waals surface area (Å²) in [6.07, 6.45) is 3.41. The van der Waals surface area contributed by atoms with Crippen LogP contribution < -0.4 is 4.74 Å². The minimum absolute atomic E-state index is 0.182. The van der Waals surface area contributed by atoms with Crippen LogP contribution in [-0.4, -0.2) is 50.5 Å². The summed E-state index contributed by atoms with van der Waals surface area (Å²) in [5, 5.41) is 9.19. The van der Waals surface area contributed by atoms with Gasteiger partial charge in [-0.05, 0) is 64.3 Å². The van der Waals surface area contributed by atoms with Gasteiger partial charge in [-0.1, -0.05) is 11.8 Å². The summed E-state index contributed by atoms with van der Waals surface area (Å²) in [5.74, 6) is 2.21. The lowest BCUT2D eigenvalue weighted by Crippen LogP contribution is -2.42. The Balaban J connectivity index is 1.70. The first-order valence-corrected chi connectivity index (χ1v) is 10.2. The van der Waals surface area contributed by atoms with Gasteiger partial charge >= 0.3 is 0 Å². The maximum Gasteiger partial charge on any atom is 0.233 e. The summed E-state index contributed by atoms with van der Waals surface area (Å²) in [6.45, 7) is 7.53. The SMILES string of the molecule is CCOc1ccc(-n2c(C)nnc2SCC(=O)N2CCCC[C@@H]2C)cc1. The first-order chi connectivity index (χ1) is 12.6. The van der Waals surface area contributed by atoms with Crippen LogP contribution in [0.4, 0.5) is 0 Å². The Morgan fingerprint density at radius 3 is 2.73 bits per heavy atom. The van der Waals surface area contributed by atoms with Gasteiger partial charge in [0, 0.05) is 18.3 Å². The van der Waals surface area contributed by atoms with Crippen LogP contribution in [0.1, 0.15) is 38.9 Å². The number of aromatic nitrogens is 3. The highest BCUT2D eigenvalue weighted by Crippen LogP contribution is 2.25. The molecule has 2 heterocycles. The molecule has 1 aromatic heterocycles. The average Bonchev–Trinajstić information content (AvgIpc) is 3.02. The lowest BCUT2D eigenvalue weighted by molar-refractivity contribution is -0.131. The van der Waals surface area contributed by atoms with E-state index in [1.54, 1.807) is 0 Å². The molecule has 0 spiro atoms. The third-order valence-corrected chi connectivity index (χ3v) is 5.56. The predicted octanol–water partition coefficient (Wildman–Crippen LogP) is 3.47. The van der Waals surface area contributed by atoms with Gasteiger partial charge in [0.1, 0.15) is 11.6 Å². The number of thioether (sulfide) groups is 1. The molecule has 0 aliphatic carbocycles. The van der Waals surface area contributed by atoms with Crippen LogP contribution in [0.5, 0.6) is 5.75 Å². The highest BCUT2D eigenvalue weighted by Gasteiger charge is 2.24. The van der Waals surface area contributed by atoms with Gasteiger partial charge in [0.2, 0.25) is 5.91 Å². The number of likely N-dealkylation sites (tertiary alicyclic amines) is 1. The zero-order valence-corrected chi connectivity index (χ0v) is 16.5. The molecule has 1 aliphatic heterocycles. The highest BCUT2D eigenvalue weighted by molar-refractivity contribution is 7.99. The molecular formula is C19H26N4O2S. The van der Waals surface area contributed by atoms with Gasteiger partial charge in [-0.2, -0.15) is 0 Å². The van der Waals surface area contributed by atoms with Crippen LogP contribution in [0.15, 0.2) is 29.4 Å². The number of piperidine rings is 1. The molecule has 1 atom stereocenters. The van der Waals surface area contributed by atoms with Gasteiger partial charge < -0.3 is 9.64 Å². The molecule has 0 unspecified atom stereocenters. The number of rotatable bonds is 6. The van der Waals surface area contributed by atoms with Crippen molar-refractivity contribution in [2.75, 3.05) is 18.9 Å². The monoisotopic (exact) mass is 374 g/mol. The summed E-state index contributed by atoms with van der Waals surface area (Å²) >= 11 is 1.45. The average molecular weight is 375 g/mol. The van der Waals surface area contributed by atoms with Crippen molar-refractivity contribution in [3.05, 3.63) is 30.1 Å². The maximum absolute atomic E-state index is 12.6. The number of hydrogen-bond acceptors (Lipinski definition) is 5. The van der Waals surface area contributed by atoms with Crippen molar-refractivity contribution in [2.45, 2.75) is 51.2 Å². The fourth-order valence-corrected chi connectivity index (χ4v) is 4.15. The number of amides is 1. The molecule has 26 heavy (non-hydrogen) atoms. The number of nitrogens with zero attached hydrogens (tertiary/aromatic N) is 4. The zero-order valence-electron chi connectivity index (χ0n) is 15.6. The van der Waals surface area contributed by atoms with E-state index >= 15 is 0 Å². The van der Waals surface area contributed by atoms with Crippen molar-refractivity contribution in [1.29, 1.82) is 0 Å². The Hall–Kier alpha value is -2.02. The van der Waals surface area contributed by atoms with Crippen LogP contribution in [0.2, 0.25) is 0 Å². The molecule has 1 aliphatic rings. The molecule has 3 rings (SSSR count). The molecule has 1 fully saturated rings. The Kier molecular flexibility index (Phi) is 6.19. The number of aryl methyl sites for hydroxylation is 1. The predicted molar refractivity (Wildman–Crippen MR) is 103 cm³/mol. The van der Waals surface area contributed by atoms with E-state index in [0.29, 0.717) is 18.4 Å². The van der Waals surface area contributed by atoms with Crippen LogP contribution in [0.3, 0.4) is 0 Å². The van der Waals surface area contributed by atoms with Crippen molar-refractivity contribution in [1.82, 2.24) is 19.7 Å². The Labute approximate surface area is 158 Å². The number of ether oxygens (including phenoxy) is 1. The van der Waals surface area contributed by atoms with Gasteiger partial charge in [0.25, 0.3) is 0 Å². The molecular weight excluding hydrogens is 348 g/mol. The van der Waals surface area contributed by atoms with E-state index in [1.165, 1.54) is 18.2 Å². The lowest BCUT2D eigenvalue weighted by atomic mass is 10.0. The molecule has 0 saturated carbocycles. The third kappa shape index (κ3) is 4.20. The van der Waals surface area contributed by atoms with E-state index < -0.39 is 0 Å². The van der Waals surface area contributed by atoms with E-state index in [1.807, 2.05) is 47.6 Å². The van der Waals surface area contributed by atoms with Crippen molar-refractivity contribution >= 4 is 17.7 Å². The molecule has 0 N–H and O–H groups in total. The standard InChI is InChI=1S/C19H26N4O2S/c1-4-25-17-10-8-16(9-11-17)23-15(3)20-21-19(23)26-13-18(24)22-12-6-5-7-14(22)2/h8-11,14H,4-7,12-13H2,1-3H3/t14-/m0/s1. The molecule has 0 radical (unpaired) electrons.